The van der Waals surface area contributed by atoms with Gasteiger partial charge in [0.15, 0.2) is 5.82 Å². The first-order chi connectivity index (χ1) is 13.1. The Morgan fingerprint density at radius 2 is 1.85 bits per heavy atom. The normalized spacial score (nSPS) is 11.3. The molecule has 0 aliphatic rings. The van der Waals surface area contributed by atoms with Gasteiger partial charge in [-0.05, 0) is 38.1 Å². The molecule has 2 aromatic carbocycles. The minimum Gasteiger partial charge on any atom is -0.268 e. The van der Waals surface area contributed by atoms with Crippen molar-refractivity contribution in [1.29, 1.82) is 0 Å². The van der Waals surface area contributed by atoms with Crippen LogP contribution in [0.4, 0.5) is 0 Å². The van der Waals surface area contributed by atoms with Gasteiger partial charge in [-0.3, -0.25) is 14.9 Å². The van der Waals surface area contributed by atoms with Crippen molar-refractivity contribution in [3.8, 4) is 11.4 Å². The molecule has 0 radical (unpaired) electrons. The van der Waals surface area contributed by atoms with Gasteiger partial charge in [-0.2, -0.15) is 0 Å². The number of nitrogens with one attached hydrogen (secondary N) is 1. The predicted molar refractivity (Wildman–Crippen MR) is 107 cm³/mol. The lowest BCUT2D eigenvalue weighted by Crippen LogP contribution is -2.19. The summed E-state index contributed by atoms with van der Waals surface area (Å²) in [6.45, 7) is 4.09. The van der Waals surface area contributed by atoms with E-state index in [1.165, 1.54) is 10.8 Å². The van der Waals surface area contributed by atoms with Crippen LogP contribution in [0.25, 0.3) is 28.5 Å². The fraction of sp³-hybridized carbons (Fsp3) is 0.0952. The maximum absolute atomic E-state index is 12.2. The zero-order chi connectivity index (χ0) is 18.8. The van der Waals surface area contributed by atoms with Crippen molar-refractivity contribution >= 4 is 23.0 Å². The van der Waals surface area contributed by atoms with Crippen molar-refractivity contribution < 1.29 is 4.79 Å². The Labute approximate surface area is 156 Å². The van der Waals surface area contributed by atoms with Crippen LogP contribution in [-0.2, 0) is 4.79 Å². The summed E-state index contributed by atoms with van der Waals surface area (Å²) in [4.78, 5) is 16.5. The topological polar surface area (TPSA) is 64.7 Å². The predicted octanol–water partition coefficient (Wildman–Crippen LogP) is 3.76. The van der Waals surface area contributed by atoms with Crippen LogP contribution in [0.15, 0.2) is 67.1 Å². The molecule has 6 nitrogen and oxygen atoms in total. The van der Waals surface area contributed by atoms with E-state index >= 15 is 0 Å². The minimum atomic E-state index is -0.250. The van der Waals surface area contributed by atoms with E-state index in [-0.39, 0.29) is 5.91 Å². The number of rotatable bonds is 4. The summed E-state index contributed by atoms with van der Waals surface area (Å²) in [7, 11) is 0. The maximum atomic E-state index is 12.2. The molecule has 6 heteroatoms. The monoisotopic (exact) mass is 357 g/mol. The van der Waals surface area contributed by atoms with E-state index in [1.54, 1.807) is 17.2 Å². The van der Waals surface area contributed by atoms with Crippen LogP contribution >= 0.6 is 0 Å². The number of aromatic nitrogens is 4. The number of benzene rings is 2. The summed E-state index contributed by atoms with van der Waals surface area (Å²) in [6, 6.07) is 16.0. The van der Waals surface area contributed by atoms with E-state index in [9.17, 15) is 4.79 Å². The molecular weight excluding hydrogens is 338 g/mol. The highest BCUT2D eigenvalue weighted by molar-refractivity contribution is 5.97. The smallest absolute Gasteiger partial charge is 0.264 e. The molecule has 0 saturated carbocycles. The Morgan fingerprint density at radius 1 is 1.07 bits per heavy atom. The van der Waals surface area contributed by atoms with Gasteiger partial charge in [0, 0.05) is 29.4 Å². The summed E-state index contributed by atoms with van der Waals surface area (Å²) in [5, 5.41) is 5.48. The van der Waals surface area contributed by atoms with Crippen LogP contribution in [0.2, 0.25) is 0 Å². The molecule has 0 fully saturated rings. The average molecular weight is 357 g/mol. The number of para-hydroxylation sites is 1. The lowest BCUT2D eigenvalue weighted by Gasteiger charge is -2.05. The van der Waals surface area contributed by atoms with E-state index < -0.39 is 0 Å². The molecule has 2 aromatic heterocycles. The molecule has 4 aromatic rings. The van der Waals surface area contributed by atoms with E-state index in [0.29, 0.717) is 5.82 Å². The molecule has 2 heterocycles. The highest BCUT2D eigenvalue weighted by Gasteiger charge is 2.05. The van der Waals surface area contributed by atoms with Gasteiger partial charge in [0.1, 0.15) is 6.33 Å². The van der Waals surface area contributed by atoms with Gasteiger partial charge in [0.2, 0.25) is 0 Å². The third-order valence-corrected chi connectivity index (χ3v) is 4.20. The van der Waals surface area contributed by atoms with Gasteiger partial charge < -0.3 is 0 Å². The third-order valence-electron chi connectivity index (χ3n) is 4.20. The quantitative estimate of drug-likeness (QED) is 0.566. The van der Waals surface area contributed by atoms with Crippen molar-refractivity contribution in [2.24, 2.45) is 0 Å². The lowest BCUT2D eigenvalue weighted by molar-refractivity contribution is -0.112. The summed E-state index contributed by atoms with van der Waals surface area (Å²) in [5.41, 5.74) is 7.05. The number of carbonyl (C=O) groups excluding carboxylic acids is 1. The first-order valence-electron chi connectivity index (χ1n) is 8.63. The Morgan fingerprint density at radius 3 is 2.67 bits per heavy atom. The Bertz CT molecular complexity index is 1130. The van der Waals surface area contributed by atoms with E-state index in [1.807, 2.05) is 62.5 Å². The fourth-order valence-corrected chi connectivity index (χ4v) is 3.06. The van der Waals surface area contributed by atoms with E-state index in [0.717, 1.165) is 27.6 Å². The average Bonchev–Trinajstić information content (AvgIpc) is 3.27. The van der Waals surface area contributed by atoms with Crippen molar-refractivity contribution in [3.63, 3.8) is 0 Å². The largest absolute Gasteiger partial charge is 0.268 e. The second-order valence-corrected chi connectivity index (χ2v) is 6.46. The van der Waals surface area contributed by atoms with Crippen molar-refractivity contribution in [2.75, 3.05) is 5.43 Å². The van der Waals surface area contributed by atoms with Gasteiger partial charge in [0.05, 0.1) is 5.52 Å². The number of hydrogen-bond donors (Lipinski definition) is 1. The molecule has 0 bridgehead atoms. The molecule has 0 unspecified atom stereocenters. The van der Waals surface area contributed by atoms with Crippen LogP contribution in [-0.4, -0.2) is 25.3 Å². The number of amides is 1. The number of hydrogen-bond acceptors (Lipinski definition) is 3. The number of nitrogens with zero attached hydrogens (tertiary/aromatic N) is 4. The van der Waals surface area contributed by atoms with Gasteiger partial charge in [0.25, 0.3) is 5.91 Å². The lowest BCUT2D eigenvalue weighted by atomic mass is 10.1. The van der Waals surface area contributed by atoms with Gasteiger partial charge in [-0.1, -0.05) is 35.4 Å². The molecule has 0 spiro atoms. The molecule has 0 saturated heterocycles. The highest BCUT2D eigenvalue weighted by Crippen LogP contribution is 2.18. The van der Waals surface area contributed by atoms with E-state index in [4.69, 9.17) is 0 Å². The molecule has 27 heavy (non-hydrogen) atoms. The molecule has 0 aliphatic heterocycles. The summed E-state index contributed by atoms with van der Waals surface area (Å²) in [5.74, 6) is 0.378. The SMILES string of the molecule is Cc1cc(C)cc(-c2ncn(/C=C\C(=O)Nn3ccc4ccccc43)n2)c1. The molecule has 1 amide bonds. The fourth-order valence-electron chi connectivity index (χ4n) is 3.06. The Balaban J connectivity index is 1.48. The first kappa shape index (κ1) is 16.8. The van der Waals surface area contributed by atoms with Gasteiger partial charge >= 0.3 is 0 Å². The molecule has 0 aliphatic carbocycles. The van der Waals surface area contributed by atoms with Crippen molar-refractivity contribution in [1.82, 2.24) is 19.4 Å². The summed E-state index contributed by atoms with van der Waals surface area (Å²) < 4.78 is 3.23. The molecular formula is C21H19N5O. The van der Waals surface area contributed by atoms with Crippen LogP contribution in [0.5, 0.6) is 0 Å². The zero-order valence-corrected chi connectivity index (χ0v) is 15.1. The highest BCUT2D eigenvalue weighted by atomic mass is 16.2. The van der Waals surface area contributed by atoms with Crippen LogP contribution in [0.3, 0.4) is 0 Å². The molecule has 4 rings (SSSR count). The number of fused-ring (bicyclic) bond motifs is 1. The molecule has 134 valence electrons. The Hall–Kier alpha value is -3.67. The van der Waals surface area contributed by atoms with E-state index in [2.05, 4.69) is 21.6 Å². The number of carbonyl (C=O) groups is 1. The minimum absolute atomic E-state index is 0.250. The van der Waals surface area contributed by atoms with Crippen molar-refractivity contribution in [2.45, 2.75) is 13.8 Å². The van der Waals surface area contributed by atoms with Crippen LogP contribution < -0.4 is 5.43 Å². The van der Waals surface area contributed by atoms with Crippen LogP contribution in [0.1, 0.15) is 11.1 Å². The summed E-state index contributed by atoms with van der Waals surface area (Å²) >= 11 is 0. The van der Waals surface area contributed by atoms with Crippen molar-refractivity contribution in [3.05, 3.63) is 78.3 Å². The second kappa shape index (κ2) is 6.92. The van der Waals surface area contributed by atoms with Gasteiger partial charge in [-0.25, -0.2) is 9.67 Å². The maximum Gasteiger partial charge on any atom is 0.264 e. The zero-order valence-electron chi connectivity index (χ0n) is 15.1. The Kier molecular flexibility index (Phi) is 4.30. The standard InChI is InChI=1S/C21H19N5O/c1-15-11-16(2)13-18(12-15)21-22-14-25(24-21)9-8-20(27)23-26-10-7-17-5-3-4-6-19(17)26/h3-14H,1-2H3,(H,23,27)/b9-8-. The molecule has 1 N–H and O–H groups in total. The number of aryl methyl sites for hydroxylation is 2. The first-order valence-corrected chi connectivity index (χ1v) is 8.63. The summed E-state index contributed by atoms with van der Waals surface area (Å²) in [6.07, 6.45) is 6.42. The molecule has 0 atom stereocenters. The second-order valence-electron chi connectivity index (χ2n) is 6.46. The van der Waals surface area contributed by atoms with Gasteiger partial charge in [-0.15, -0.1) is 5.10 Å². The third kappa shape index (κ3) is 3.64. The van der Waals surface area contributed by atoms with Crippen LogP contribution in [0, 0.1) is 13.8 Å².